The lowest BCUT2D eigenvalue weighted by atomic mass is 9.95. The van der Waals surface area contributed by atoms with Crippen LogP contribution in [0.5, 0.6) is 5.75 Å². The Balaban J connectivity index is 0.00000140. The molecule has 1 N–H and O–H groups in total. The van der Waals surface area contributed by atoms with Crippen molar-refractivity contribution < 1.29 is 18.3 Å². The van der Waals surface area contributed by atoms with Gasteiger partial charge in [0, 0.05) is 37.8 Å². The number of hydrogen-bond acceptors (Lipinski definition) is 4. The van der Waals surface area contributed by atoms with E-state index in [2.05, 4.69) is 16.3 Å². The number of nitrogens with one attached hydrogen (secondary N) is 1. The van der Waals surface area contributed by atoms with Crippen molar-refractivity contribution in [1.82, 2.24) is 10.2 Å². The molecule has 0 aromatic heterocycles. The van der Waals surface area contributed by atoms with Gasteiger partial charge >= 0.3 is 0 Å². The highest BCUT2D eigenvalue weighted by molar-refractivity contribution is 5.85. The monoisotopic (exact) mass is 432 g/mol. The van der Waals surface area contributed by atoms with Crippen LogP contribution in [0.4, 0.5) is 8.78 Å². The number of hydrogen-bond donors (Lipinski definition) is 1. The summed E-state index contributed by atoms with van der Waals surface area (Å²) in [6.07, 6.45) is -0.200. The standard InChI is InChI=1S/C20H22F2N2O2.2ClH/c21-15-9-14(10-16(22)11-15)12-25-19-13-26-18-4-2-1-3-17(18)20(19)24-7-5-23-6-8-24;;/h1-4,9-11,19-20,23H,5-8,12-13H2;2*1H/t19-,20-;;/m0../s1. The Morgan fingerprint density at radius 2 is 1.71 bits per heavy atom. The van der Waals surface area contributed by atoms with E-state index in [1.807, 2.05) is 18.2 Å². The Labute approximate surface area is 176 Å². The van der Waals surface area contributed by atoms with Gasteiger partial charge in [0.1, 0.15) is 30.1 Å². The fraction of sp³-hybridized carbons (Fsp3) is 0.400. The van der Waals surface area contributed by atoms with Gasteiger partial charge in [-0.3, -0.25) is 4.90 Å². The van der Waals surface area contributed by atoms with E-state index in [0.29, 0.717) is 12.2 Å². The highest BCUT2D eigenvalue weighted by Crippen LogP contribution is 2.37. The highest BCUT2D eigenvalue weighted by atomic mass is 35.5. The first-order valence-electron chi connectivity index (χ1n) is 8.94. The predicted octanol–water partition coefficient (Wildman–Crippen LogP) is 3.73. The van der Waals surface area contributed by atoms with Crippen LogP contribution in [0.25, 0.3) is 0 Å². The van der Waals surface area contributed by atoms with Crippen molar-refractivity contribution in [3.05, 3.63) is 65.2 Å². The number of rotatable bonds is 4. The summed E-state index contributed by atoms with van der Waals surface area (Å²) in [4.78, 5) is 2.40. The molecule has 0 aliphatic carbocycles. The van der Waals surface area contributed by atoms with Gasteiger partial charge < -0.3 is 14.8 Å². The number of halogens is 4. The number of nitrogens with zero attached hydrogens (tertiary/aromatic N) is 1. The molecule has 2 atom stereocenters. The summed E-state index contributed by atoms with van der Waals surface area (Å²) in [6.45, 7) is 4.28. The normalized spacial score (nSPS) is 21.6. The van der Waals surface area contributed by atoms with Crippen molar-refractivity contribution in [3.8, 4) is 5.75 Å². The minimum atomic E-state index is -0.590. The minimum absolute atomic E-state index is 0. The molecular weight excluding hydrogens is 409 g/mol. The van der Waals surface area contributed by atoms with Crippen molar-refractivity contribution in [2.24, 2.45) is 0 Å². The van der Waals surface area contributed by atoms with E-state index in [1.54, 1.807) is 0 Å². The molecule has 1 saturated heterocycles. The third kappa shape index (κ3) is 5.13. The number of para-hydroxylation sites is 1. The van der Waals surface area contributed by atoms with Gasteiger partial charge in [0.2, 0.25) is 0 Å². The zero-order chi connectivity index (χ0) is 17.9. The van der Waals surface area contributed by atoms with Crippen molar-refractivity contribution in [2.75, 3.05) is 32.8 Å². The molecule has 28 heavy (non-hydrogen) atoms. The van der Waals surface area contributed by atoms with Crippen LogP contribution >= 0.6 is 24.8 Å². The zero-order valence-electron chi connectivity index (χ0n) is 15.3. The van der Waals surface area contributed by atoms with Gasteiger partial charge in [-0.05, 0) is 23.8 Å². The topological polar surface area (TPSA) is 33.7 Å². The molecule has 4 rings (SSSR count). The first kappa shape index (κ1) is 22.8. The molecule has 4 nitrogen and oxygen atoms in total. The number of piperazine rings is 1. The summed E-state index contributed by atoms with van der Waals surface area (Å²) >= 11 is 0. The Morgan fingerprint density at radius 1 is 1.04 bits per heavy atom. The van der Waals surface area contributed by atoms with Crippen molar-refractivity contribution >= 4 is 24.8 Å². The zero-order valence-corrected chi connectivity index (χ0v) is 16.9. The summed E-state index contributed by atoms with van der Waals surface area (Å²) in [7, 11) is 0. The van der Waals surface area contributed by atoms with Crippen LogP contribution in [0.1, 0.15) is 17.2 Å². The van der Waals surface area contributed by atoms with E-state index in [1.165, 1.54) is 12.1 Å². The number of ether oxygens (including phenoxy) is 2. The first-order chi connectivity index (χ1) is 12.7. The fourth-order valence-electron chi connectivity index (χ4n) is 3.75. The van der Waals surface area contributed by atoms with E-state index < -0.39 is 11.6 Å². The van der Waals surface area contributed by atoms with Gasteiger partial charge in [0.25, 0.3) is 0 Å². The maximum atomic E-state index is 13.4. The highest BCUT2D eigenvalue weighted by Gasteiger charge is 2.36. The van der Waals surface area contributed by atoms with Crippen LogP contribution in [-0.2, 0) is 11.3 Å². The largest absolute Gasteiger partial charge is 0.490 e. The molecule has 154 valence electrons. The predicted molar refractivity (Wildman–Crippen MR) is 109 cm³/mol. The van der Waals surface area contributed by atoms with E-state index in [0.717, 1.165) is 43.6 Å². The molecule has 0 radical (unpaired) electrons. The second kappa shape index (κ2) is 10.4. The van der Waals surface area contributed by atoms with Gasteiger partial charge in [0.15, 0.2) is 0 Å². The molecule has 0 amide bonds. The quantitative estimate of drug-likeness (QED) is 0.797. The Bertz CT molecular complexity index is 755. The second-order valence-electron chi connectivity index (χ2n) is 6.71. The third-order valence-electron chi connectivity index (χ3n) is 4.92. The van der Waals surface area contributed by atoms with Gasteiger partial charge in [0.05, 0.1) is 12.6 Å². The molecular formula is C20H24Cl2F2N2O2. The van der Waals surface area contributed by atoms with Gasteiger partial charge in [-0.15, -0.1) is 24.8 Å². The van der Waals surface area contributed by atoms with E-state index in [4.69, 9.17) is 9.47 Å². The fourth-order valence-corrected chi connectivity index (χ4v) is 3.75. The number of benzene rings is 2. The van der Waals surface area contributed by atoms with Crippen LogP contribution in [0.2, 0.25) is 0 Å². The first-order valence-corrected chi connectivity index (χ1v) is 8.94. The molecule has 2 heterocycles. The molecule has 0 spiro atoms. The van der Waals surface area contributed by atoms with Crippen molar-refractivity contribution in [1.29, 1.82) is 0 Å². The SMILES string of the molecule is Cl.Cl.Fc1cc(F)cc(CO[C@H]2COc3ccccc3[C@@H]2N2CCNCC2)c1. The molecule has 8 heteroatoms. The van der Waals surface area contributed by atoms with Gasteiger partial charge in [-0.1, -0.05) is 18.2 Å². The van der Waals surface area contributed by atoms with Crippen LogP contribution in [0.3, 0.4) is 0 Å². The summed E-state index contributed by atoms with van der Waals surface area (Å²) < 4.78 is 38.8. The van der Waals surface area contributed by atoms with Gasteiger partial charge in [-0.25, -0.2) is 8.78 Å². The minimum Gasteiger partial charge on any atom is -0.490 e. The van der Waals surface area contributed by atoms with Gasteiger partial charge in [-0.2, -0.15) is 0 Å². The summed E-state index contributed by atoms with van der Waals surface area (Å²) in [5.41, 5.74) is 1.59. The van der Waals surface area contributed by atoms with Crippen LogP contribution in [0.15, 0.2) is 42.5 Å². The lowest BCUT2D eigenvalue weighted by Gasteiger charge is -2.42. The lowest BCUT2D eigenvalue weighted by molar-refractivity contribution is -0.0618. The van der Waals surface area contributed by atoms with Crippen LogP contribution in [-0.4, -0.2) is 43.8 Å². The van der Waals surface area contributed by atoms with Crippen molar-refractivity contribution in [3.63, 3.8) is 0 Å². The second-order valence-corrected chi connectivity index (χ2v) is 6.71. The van der Waals surface area contributed by atoms with E-state index in [9.17, 15) is 8.78 Å². The van der Waals surface area contributed by atoms with E-state index in [-0.39, 0.29) is 43.6 Å². The lowest BCUT2D eigenvalue weighted by Crippen LogP contribution is -2.51. The molecule has 2 aromatic carbocycles. The Kier molecular flexibility index (Phi) is 8.46. The number of fused-ring (bicyclic) bond motifs is 1. The molecule has 0 bridgehead atoms. The summed E-state index contributed by atoms with van der Waals surface area (Å²) in [6, 6.07) is 11.6. The van der Waals surface area contributed by atoms with E-state index >= 15 is 0 Å². The molecule has 0 unspecified atom stereocenters. The molecule has 1 fully saturated rings. The molecule has 2 aliphatic heterocycles. The van der Waals surface area contributed by atoms with Crippen LogP contribution in [0, 0.1) is 11.6 Å². The third-order valence-corrected chi connectivity index (χ3v) is 4.92. The maximum absolute atomic E-state index is 13.4. The average Bonchev–Trinajstić information content (AvgIpc) is 2.66. The average molecular weight is 433 g/mol. The smallest absolute Gasteiger partial charge is 0.126 e. The van der Waals surface area contributed by atoms with Crippen LogP contribution < -0.4 is 10.1 Å². The Morgan fingerprint density at radius 3 is 2.43 bits per heavy atom. The maximum Gasteiger partial charge on any atom is 0.126 e. The summed E-state index contributed by atoms with van der Waals surface area (Å²) in [5.74, 6) is -0.298. The molecule has 2 aromatic rings. The Hall–Kier alpha value is -1.44. The summed E-state index contributed by atoms with van der Waals surface area (Å²) in [5, 5.41) is 3.37. The molecule has 2 aliphatic rings. The molecule has 0 saturated carbocycles. The van der Waals surface area contributed by atoms with Crippen molar-refractivity contribution in [2.45, 2.75) is 18.8 Å².